The van der Waals surface area contributed by atoms with Gasteiger partial charge in [-0.2, -0.15) is 0 Å². The first-order valence-corrected chi connectivity index (χ1v) is 8.66. The van der Waals surface area contributed by atoms with Crippen LogP contribution in [-0.4, -0.2) is 43.6 Å². The summed E-state index contributed by atoms with van der Waals surface area (Å²) in [7, 11) is -3.08. The van der Waals surface area contributed by atoms with Gasteiger partial charge in [0, 0.05) is 19.1 Å². The summed E-state index contributed by atoms with van der Waals surface area (Å²) in [5, 5.41) is 3.24. The summed E-state index contributed by atoms with van der Waals surface area (Å²) in [6.45, 7) is 10.2. The topological polar surface area (TPSA) is 49.4 Å². The van der Waals surface area contributed by atoms with Crippen molar-refractivity contribution in [2.24, 2.45) is 5.92 Å². The highest BCUT2D eigenvalue weighted by atomic mass is 32.2. The fourth-order valence-electron chi connectivity index (χ4n) is 2.54. The maximum Gasteiger partial charge on any atom is 0.216 e. The highest BCUT2D eigenvalue weighted by molar-refractivity contribution is 7.89. The lowest BCUT2D eigenvalue weighted by Gasteiger charge is -2.38. The van der Waals surface area contributed by atoms with Crippen LogP contribution in [0, 0.1) is 5.92 Å². The molecule has 1 rings (SSSR count). The van der Waals surface area contributed by atoms with Gasteiger partial charge >= 0.3 is 0 Å². The average molecular weight is 276 g/mol. The van der Waals surface area contributed by atoms with Crippen molar-refractivity contribution < 1.29 is 8.42 Å². The minimum Gasteiger partial charge on any atom is -0.314 e. The van der Waals surface area contributed by atoms with E-state index in [1.165, 1.54) is 0 Å². The molecular formula is C13H28N2O2S. The third-order valence-corrected chi connectivity index (χ3v) is 6.08. The molecule has 1 heterocycles. The van der Waals surface area contributed by atoms with Gasteiger partial charge in [0.1, 0.15) is 0 Å². The molecule has 0 aromatic rings. The number of hydrogen-bond donors (Lipinski definition) is 1. The van der Waals surface area contributed by atoms with Gasteiger partial charge in [0.2, 0.25) is 10.0 Å². The third kappa shape index (κ3) is 3.68. The molecule has 0 radical (unpaired) electrons. The van der Waals surface area contributed by atoms with Gasteiger partial charge in [0.25, 0.3) is 0 Å². The first-order valence-electron chi connectivity index (χ1n) is 7.15. The van der Waals surface area contributed by atoms with Crippen molar-refractivity contribution in [1.82, 2.24) is 9.62 Å². The second-order valence-corrected chi connectivity index (χ2v) is 7.96. The van der Waals surface area contributed by atoms with Crippen LogP contribution in [0.15, 0.2) is 0 Å². The maximum atomic E-state index is 12.2. The Morgan fingerprint density at radius 3 is 2.50 bits per heavy atom. The Morgan fingerprint density at radius 2 is 2.00 bits per heavy atom. The van der Waals surface area contributed by atoms with Crippen molar-refractivity contribution in [1.29, 1.82) is 0 Å². The largest absolute Gasteiger partial charge is 0.314 e. The summed E-state index contributed by atoms with van der Waals surface area (Å²) in [5.41, 5.74) is 0. The predicted octanol–water partition coefficient (Wildman–Crippen LogP) is 1.82. The Hall–Kier alpha value is -0.130. The molecule has 2 atom stereocenters. The van der Waals surface area contributed by atoms with Gasteiger partial charge in [-0.25, -0.2) is 12.7 Å². The van der Waals surface area contributed by atoms with Crippen LogP contribution in [-0.2, 0) is 10.0 Å². The molecule has 5 heteroatoms. The van der Waals surface area contributed by atoms with E-state index in [9.17, 15) is 8.42 Å². The summed E-state index contributed by atoms with van der Waals surface area (Å²) in [6, 6.07) is 0.480. The van der Waals surface area contributed by atoms with Gasteiger partial charge in [-0.3, -0.25) is 0 Å². The molecule has 0 amide bonds. The van der Waals surface area contributed by atoms with E-state index in [2.05, 4.69) is 19.2 Å². The van der Waals surface area contributed by atoms with Crippen molar-refractivity contribution >= 4 is 10.0 Å². The van der Waals surface area contributed by atoms with Gasteiger partial charge in [0.15, 0.2) is 0 Å². The van der Waals surface area contributed by atoms with Crippen molar-refractivity contribution in [2.75, 3.05) is 19.6 Å². The van der Waals surface area contributed by atoms with Crippen molar-refractivity contribution in [3.05, 3.63) is 0 Å². The van der Waals surface area contributed by atoms with Gasteiger partial charge in [0.05, 0.1) is 5.25 Å². The zero-order valence-corrected chi connectivity index (χ0v) is 13.0. The number of sulfonamides is 1. The number of rotatable bonds is 6. The summed E-state index contributed by atoms with van der Waals surface area (Å²) >= 11 is 0. The fraction of sp³-hybridized carbons (Fsp3) is 1.00. The van der Waals surface area contributed by atoms with Crippen LogP contribution in [0.3, 0.4) is 0 Å². The zero-order valence-electron chi connectivity index (χ0n) is 12.1. The van der Waals surface area contributed by atoms with Crippen molar-refractivity contribution in [2.45, 2.75) is 58.2 Å². The molecule has 0 bridgehead atoms. The van der Waals surface area contributed by atoms with E-state index in [1.807, 2.05) is 0 Å². The fourth-order valence-corrected chi connectivity index (χ4v) is 3.90. The lowest BCUT2D eigenvalue weighted by Crippen LogP contribution is -2.52. The zero-order chi connectivity index (χ0) is 13.8. The van der Waals surface area contributed by atoms with Crippen molar-refractivity contribution in [3.63, 3.8) is 0 Å². The standard InChI is InChI=1S/C13H28N2O2S/c1-5-8-14-13-7-9-15(10-12(13)6-2)18(16,17)11(3)4/h11-14H,5-10H2,1-4H3. The Labute approximate surface area is 112 Å². The first kappa shape index (κ1) is 15.9. The number of nitrogens with zero attached hydrogens (tertiary/aromatic N) is 1. The lowest BCUT2D eigenvalue weighted by atomic mass is 9.91. The van der Waals surface area contributed by atoms with E-state index in [1.54, 1.807) is 18.2 Å². The van der Waals surface area contributed by atoms with E-state index in [-0.39, 0.29) is 5.25 Å². The Morgan fingerprint density at radius 1 is 1.33 bits per heavy atom. The molecule has 1 fully saturated rings. The summed E-state index contributed by atoms with van der Waals surface area (Å²) in [6.07, 6.45) is 3.09. The van der Waals surface area contributed by atoms with Crippen LogP contribution in [0.25, 0.3) is 0 Å². The second kappa shape index (κ2) is 6.87. The normalized spacial score (nSPS) is 26.7. The van der Waals surface area contributed by atoms with Crippen LogP contribution in [0.5, 0.6) is 0 Å². The Balaban J connectivity index is 2.66. The summed E-state index contributed by atoms with van der Waals surface area (Å²) in [5.74, 6) is 0.443. The summed E-state index contributed by atoms with van der Waals surface area (Å²) in [4.78, 5) is 0. The third-order valence-electron chi connectivity index (χ3n) is 3.83. The minimum atomic E-state index is -3.08. The molecule has 1 N–H and O–H groups in total. The van der Waals surface area contributed by atoms with Gasteiger partial charge in [-0.05, 0) is 39.2 Å². The van der Waals surface area contributed by atoms with Crippen molar-refractivity contribution in [3.8, 4) is 0 Å². The molecule has 1 aliphatic rings. The van der Waals surface area contributed by atoms with E-state index in [0.717, 1.165) is 25.8 Å². The van der Waals surface area contributed by atoms with E-state index in [4.69, 9.17) is 0 Å². The molecule has 0 aliphatic carbocycles. The number of piperidine rings is 1. The van der Waals surface area contributed by atoms with Crippen LogP contribution < -0.4 is 5.32 Å². The monoisotopic (exact) mass is 276 g/mol. The number of hydrogen-bond acceptors (Lipinski definition) is 3. The lowest BCUT2D eigenvalue weighted by molar-refractivity contribution is 0.201. The highest BCUT2D eigenvalue weighted by Gasteiger charge is 2.34. The Kier molecular flexibility index (Phi) is 6.08. The molecule has 1 aliphatic heterocycles. The van der Waals surface area contributed by atoms with Crippen LogP contribution >= 0.6 is 0 Å². The van der Waals surface area contributed by atoms with E-state index < -0.39 is 10.0 Å². The molecule has 0 aromatic heterocycles. The predicted molar refractivity (Wildman–Crippen MR) is 76.1 cm³/mol. The SMILES string of the molecule is CCCNC1CCN(S(=O)(=O)C(C)C)CC1CC. The first-order chi connectivity index (χ1) is 8.43. The molecule has 18 heavy (non-hydrogen) atoms. The molecule has 0 spiro atoms. The number of nitrogens with one attached hydrogen (secondary N) is 1. The highest BCUT2D eigenvalue weighted by Crippen LogP contribution is 2.24. The smallest absolute Gasteiger partial charge is 0.216 e. The summed E-state index contributed by atoms with van der Waals surface area (Å²) < 4.78 is 26.0. The molecule has 1 saturated heterocycles. The molecule has 108 valence electrons. The van der Waals surface area contributed by atoms with Crippen LogP contribution in [0.2, 0.25) is 0 Å². The average Bonchev–Trinajstić information content (AvgIpc) is 2.35. The molecule has 0 saturated carbocycles. The van der Waals surface area contributed by atoms with Gasteiger partial charge < -0.3 is 5.32 Å². The minimum absolute atomic E-state index is 0.310. The van der Waals surface area contributed by atoms with Gasteiger partial charge in [-0.1, -0.05) is 20.3 Å². The molecular weight excluding hydrogens is 248 g/mol. The molecule has 2 unspecified atom stereocenters. The molecule has 0 aromatic carbocycles. The van der Waals surface area contributed by atoms with Crippen LogP contribution in [0.4, 0.5) is 0 Å². The van der Waals surface area contributed by atoms with E-state index >= 15 is 0 Å². The van der Waals surface area contributed by atoms with Gasteiger partial charge in [-0.15, -0.1) is 0 Å². The van der Waals surface area contributed by atoms with Crippen LogP contribution in [0.1, 0.15) is 47.0 Å². The quantitative estimate of drug-likeness (QED) is 0.805. The van der Waals surface area contributed by atoms with E-state index in [0.29, 0.717) is 25.0 Å². The maximum absolute atomic E-state index is 12.2. The second-order valence-electron chi connectivity index (χ2n) is 5.47. The molecule has 4 nitrogen and oxygen atoms in total. The Bertz CT molecular complexity index is 341.